The van der Waals surface area contributed by atoms with Crippen LogP contribution in [0.4, 0.5) is 0 Å². The van der Waals surface area contributed by atoms with E-state index in [1.807, 2.05) is 0 Å². The fourth-order valence-electron chi connectivity index (χ4n) is 4.09. The molecule has 0 bridgehead atoms. The number of carboxylic acid groups (broad SMARTS) is 1. The number of benzene rings is 1. The molecule has 124 valence electrons. The number of carboxylic acids is 1. The number of fused-ring (bicyclic) bond motifs is 1. The average molecular weight is 315 g/mol. The third-order valence-electron chi connectivity index (χ3n) is 5.41. The summed E-state index contributed by atoms with van der Waals surface area (Å²) in [6, 6.07) is 8.50. The molecular weight excluding hydrogens is 290 g/mol. The Labute approximate surface area is 137 Å². The molecule has 4 nitrogen and oxygen atoms in total. The van der Waals surface area contributed by atoms with Gasteiger partial charge in [0.15, 0.2) is 0 Å². The van der Waals surface area contributed by atoms with Crippen LogP contribution in [0.15, 0.2) is 24.3 Å². The van der Waals surface area contributed by atoms with Crippen molar-refractivity contribution in [3.8, 4) is 0 Å². The van der Waals surface area contributed by atoms with E-state index in [9.17, 15) is 9.59 Å². The van der Waals surface area contributed by atoms with E-state index in [4.69, 9.17) is 5.11 Å². The Hall–Kier alpha value is -1.84. The molecule has 2 aliphatic carbocycles. The molecule has 2 N–H and O–H groups in total. The molecule has 0 radical (unpaired) electrons. The van der Waals surface area contributed by atoms with E-state index >= 15 is 0 Å². The molecule has 3 rings (SSSR count). The molecular formula is C19H25NO3. The lowest BCUT2D eigenvalue weighted by Crippen LogP contribution is -2.37. The van der Waals surface area contributed by atoms with Gasteiger partial charge >= 0.3 is 5.97 Å². The van der Waals surface area contributed by atoms with E-state index in [0.717, 1.165) is 25.7 Å². The molecule has 0 saturated heterocycles. The van der Waals surface area contributed by atoms with Crippen molar-refractivity contribution in [3.63, 3.8) is 0 Å². The van der Waals surface area contributed by atoms with E-state index in [0.29, 0.717) is 25.3 Å². The molecule has 2 aliphatic rings. The Bertz CT molecular complexity index is 584. The van der Waals surface area contributed by atoms with Crippen molar-refractivity contribution in [2.75, 3.05) is 6.54 Å². The number of amides is 1. The smallest absolute Gasteiger partial charge is 0.306 e. The molecule has 23 heavy (non-hydrogen) atoms. The summed E-state index contributed by atoms with van der Waals surface area (Å²) in [4.78, 5) is 23.6. The molecule has 1 amide bonds. The zero-order valence-electron chi connectivity index (χ0n) is 13.5. The third kappa shape index (κ3) is 3.74. The maximum absolute atomic E-state index is 12.4. The number of aryl methyl sites for hydroxylation is 1. The number of hydrogen-bond acceptors (Lipinski definition) is 2. The van der Waals surface area contributed by atoms with Gasteiger partial charge in [0.1, 0.15) is 0 Å². The second-order valence-corrected chi connectivity index (χ2v) is 6.93. The summed E-state index contributed by atoms with van der Waals surface area (Å²) in [5, 5.41) is 12.2. The van der Waals surface area contributed by atoms with Crippen LogP contribution in [0.5, 0.6) is 0 Å². The number of hydrogen-bond donors (Lipinski definition) is 2. The maximum atomic E-state index is 12.4. The fraction of sp³-hybridized carbons (Fsp3) is 0.579. The molecule has 0 aliphatic heterocycles. The highest BCUT2D eigenvalue weighted by Gasteiger charge is 2.31. The Morgan fingerprint density at radius 3 is 2.70 bits per heavy atom. The van der Waals surface area contributed by atoms with Crippen LogP contribution in [0, 0.1) is 11.8 Å². The van der Waals surface area contributed by atoms with Crippen LogP contribution in [0.2, 0.25) is 0 Å². The van der Waals surface area contributed by atoms with Crippen molar-refractivity contribution in [3.05, 3.63) is 35.4 Å². The normalized spacial score (nSPS) is 27.0. The van der Waals surface area contributed by atoms with Gasteiger partial charge in [-0.2, -0.15) is 0 Å². The number of carbonyl (C=O) groups excluding carboxylic acids is 1. The van der Waals surface area contributed by atoms with Gasteiger partial charge in [-0.15, -0.1) is 0 Å². The Morgan fingerprint density at radius 1 is 1.09 bits per heavy atom. The zero-order chi connectivity index (χ0) is 16.2. The van der Waals surface area contributed by atoms with Crippen molar-refractivity contribution in [2.24, 2.45) is 11.8 Å². The number of carbonyl (C=O) groups is 2. The first-order valence-electron chi connectivity index (χ1n) is 8.73. The van der Waals surface area contributed by atoms with Crippen LogP contribution in [-0.4, -0.2) is 23.5 Å². The van der Waals surface area contributed by atoms with E-state index in [1.54, 1.807) is 0 Å². The predicted octanol–water partition coefficient (Wildman–Crippen LogP) is 3.11. The van der Waals surface area contributed by atoms with E-state index in [-0.39, 0.29) is 17.7 Å². The summed E-state index contributed by atoms with van der Waals surface area (Å²) in [7, 11) is 0. The lowest BCUT2D eigenvalue weighted by molar-refractivity contribution is -0.144. The first kappa shape index (κ1) is 16.0. The number of nitrogens with one attached hydrogen (secondary N) is 1. The average Bonchev–Trinajstić information content (AvgIpc) is 2.59. The van der Waals surface area contributed by atoms with Gasteiger partial charge in [-0.05, 0) is 49.7 Å². The zero-order valence-corrected chi connectivity index (χ0v) is 13.5. The Kier molecular flexibility index (Phi) is 4.99. The van der Waals surface area contributed by atoms with Crippen LogP contribution in [0.1, 0.15) is 55.6 Å². The van der Waals surface area contributed by atoms with Gasteiger partial charge < -0.3 is 10.4 Å². The standard InChI is InChI=1S/C19H25NO3/c21-18(14-7-4-8-15(11-14)19(22)23)20-12-16-9-3-6-13-5-1-2-10-17(13)16/h1-2,5,10,14-16H,3-4,6-9,11-12H2,(H,20,21)(H,22,23). The highest BCUT2D eigenvalue weighted by Crippen LogP contribution is 2.32. The lowest BCUT2D eigenvalue weighted by Gasteiger charge is -2.28. The van der Waals surface area contributed by atoms with Crippen molar-refractivity contribution in [1.29, 1.82) is 0 Å². The Balaban J connectivity index is 1.56. The Morgan fingerprint density at radius 2 is 1.87 bits per heavy atom. The van der Waals surface area contributed by atoms with Gasteiger partial charge in [0.25, 0.3) is 0 Å². The number of aliphatic carboxylic acids is 1. The molecule has 1 aromatic carbocycles. The van der Waals surface area contributed by atoms with Crippen molar-refractivity contribution < 1.29 is 14.7 Å². The second-order valence-electron chi connectivity index (χ2n) is 6.93. The van der Waals surface area contributed by atoms with Gasteiger partial charge in [0.05, 0.1) is 5.92 Å². The SMILES string of the molecule is O=C(O)C1CCCC(C(=O)NCC2CCCc3ccccc32)C1. The summed E-state index contributed by atoms with van der Waals surface area (Å²) in [5.41, 5.74) is 2.77. The molecule has 0 heterocycles. The predicted molar refractivity (Wildman–Crippen MR) is 88.2 cm³/mol. The number of rotatable bonds is 4. The van der Waals surface area contributed by atoms with Crippen LogP contribution >= 0.6 is 0 Å². The topological polar surface area (TPSA) is 66.4 Å². The van der Waals surface area contributed by atoms with Crippen LogP contribution in [-0.2, 0) is 16.0 Å². The summed E-state index contributed by atoms with van der Waals surface area (Å²) in [6.07, 6.45) is 6.25. The van der Waals surface area contributed by atoms with Crippen LogP contribution in [0.3, 0.4) is 0 Å². The van der Waals surface area contributed by atoms with E-state index < -0.39 is 5.97 Å². The first-order chi connectivity index (χ1) is 11.1. The minimum absolute atomic E-state index is 0.0407. The summed E-state index contributed by atoms with van der Waals surface area (Å²) in [5.74, 6) is -0.816. The molecule has 1 saturated carbocycles. The fourth-order valence-corrected chi connectivity index (χ4v) is 4.09. The highest BCUT2D eigenvalue weighted by atomic mass is 16.4. The summed E-state index contributed by atoms with van der Waals surface area (Å²) < 4.78 is 0. The minimum atomic E-state index is -0.760. The molecule has 1 aromatic rings. The molecule has 1 fully saturated rings. The van der Waals surface area contributed by atoms with Gasteiger partial charge in [0, 0.05) is 18.4 Å². The quantitative estimate of drug-likeness (QED) is 0.897. The van der Waals surface area contributed by atoms with Crippen molar-refractivity contribution in [2.45, 2.75) is 50.9 Å². The molecule has 0 aromatic heterocycles. The molecule has 4 heteroatoms. The molecule has 3 unspecified atom stereocenters. The molecule has 3 atom stereocenters. The van der Waals surface area contributed by atoms with E-state index in [1.165, 1.54) is 17.5 Å². The van der Waals surface area contributed by atoms with Crippen LogP contribution < -0.4 is 5.32 Å². The minimum Gasteiger partial charge on any atom is -0.481 e. The van der Waals surface area contributed by atoms with Gasteiger partial charge in [-0.1, -0.05) is 30.7 Å². The lowest BCUT2D eigenvalue weighted by atomic mass is 9.80. The van der Waals surface area contributed by atoms with Crippen molar-refractivity contribution >= 4 is 11.9 Å². The summed E-state index contributed by atoms with van der Waals surface area (Å²) in [6.45, 7) is 0.671. The van der Waals surface area contributed by atoms with E-state index in [2.05, 4.69) is 29.6 Å². The second kappa shape index (κ2) is 7.16. The summed E-state index contributed by atoms with van der Waals surface area (Å²) >= 11 is 0. The highest BCUT2D eigenvalue weighted by molar-refractivity contribution is 5.80. The van der Waals surface area contributed by atoms with Gasteiger partial charge in [-0.25, -0.2) is 0 Å². The van der Waals surface area contributed by atoms with Gasteiger partial charge in [0.2, 0.25) is 5.91 Å². The van der Waals surface area contributed by atoms with Gasteiger partial charge in [-0.3, -0.25) is 9.59 Å². The third-order valence-corrected chi connectivity index (χ3v) is 5.41. The van der Waals surface area contributed by atoms with Crippen molar-refractivity contribution in [1.82, 2.24) is 5.32 Å². The first-order valence-corrected chi connectivity index (χ1v) is 8.73. The largest absolute Gasteiger partial charge is 0.481 e. The maximum Gasteiger partial charge on any atom is 0.306 e. The monoisotopic (exact) mass is 315 g/mol. The van der Waals surface area contributed by atoms with Crippen LogP contribution in [0.25, 0.3) is 0 Å². The molecule has 0 spiro atoms.